The molecule has 0 unspecified atom stereocenters. The highest BCUT2D eigenvalue weighted by atomic mass is 16.7. The molecule has 0 aromatic rings. The van der Waals surface area contributed by atoms with E-state index in [9.17, 15) is 55.9 Å². The number of carbonyl (C=O) groups excluding carboxylic acids is 1. The number of hydrogen-bond donors (Lipinski definition) is 11. The molecule has 0 bridgehead atoms. The number of nitrogens with one attached hydrogen (secondary N) is 1. The molecule has 1 aliphatic heterocycles. The lowest BCUT2D eigenvalue weighted by Crippen LogP contribution is -2.67. The number of aliphatic hydroxyl groups excluding tert-OH is 10. The predicted octanol–water partition coefficient (Wildman–Crippen LogP) is -6.55. The second-order valence-corrected chi connectivity index (χ2v) is 8.20. The van der Waals surface area contributed by atoms with E-state index >= 15 is 0 Å². The van der Waals surface area contributed by atoms with Crippen molar-refractivity contribution in [3.63, 3.8) is 0 Å². The molecule has 0 spiro atoms. The zero-order valence-electron chi connectivity index (χ0n) is 17.8. The van der Waals surface area contributed by atoms with Crippen LogP contribution in [0.3, 0.4) is 0 Å². The summed E-state index contributed by atoms with van der Waals surface area (Å²) in [5, 5.41) is 102. The van der Waals surface area contributed by atoms with Gasteiger partial charge in [-0.3, -0.25) is 0 Å². The lowest BCUT2D eigenvalue weighted by atomic mass is 9.86. The van der Waals surface area contributed by atoms with Gasteiger partial charge < -0.3 is 70.7 Å². The highest BCUT2D eigenvalue weighted by molar-refractivity contribution is 5.56. The predicted molar refractivity (Wildman–Crippen MR) is 106 cm³/mol. The molecule has 0 amide bonds. The fraction of sp³-hybridized carbons (Fsp3) is 0.842. The van der Waals surface area contributed by atoms with E-state index in [1.807, 2.05) is 0 Å². The van der Waals surface area contributed by atoms with Crippen molar-refractivity contribution in [2.45, 2.75) is 86.3 Å². The van der Waals surface area contributed by atoms with Gasteiger partial charge in [0.25, 0.3) is 0 Å². The Morgan fingerprint density at radius 3 is 2.24 bits per heavy atom. The Kier molecular flexibility index (Phi) is 10.3. The van der Waals surface area contributed by atoms with Crippen LogP contribution in [-0.2, 0) is 14.3 Å². The molecule has 13 atom stereocenters. The molecule has 1 heterocycles. The van der Waals surface area contributed by atoms with Crippen LogP contribution in [0.2, 0.25) is 0 Å². The molecule has 0 aromatic heterocycles. The molecular formula is C19H33NO13. The minimum Gasteiger partial charge on any atom is -0.394 e. The minimum absolute atomic E-state index is 0.0182. The van der Waals surface area contributed by atoms with E-state index in [2.05, 4.69) is 5.32 Å². The number of rotatable bonds is 10. The highest BCUT2D eigenvalue weighted by Gasteiger charge is 2.48. The van der Waals surface area contributed by atoms with Gasteiger partial charge in [0.2, 0.25) is 0 Å². The molecule has 14 heteroatoms. The van der Waals surface area contributed by atoms with Crippen molar-refractivity contribution in [2.75, 3.05) is 13.2 Å². The molecule has 1 fully saturated rings. The van der Waals surface area contributed by atoms with E-state index in [4.69, 9.17) is 9.47 Å². The first-order valence-corrected chi connectivity index (χ1v) is 10.4. The van der Waals surface area contributed by atoms with Crippen molar-refractivity contribution in [3.05, 3.63) is 11.6 Å². The molecule has 0 saturated carbocycles. The van der Waals surface area contributed by atoms with E-state index < -0.39 is 92.6 Å². The quantitative estimate of drug-likeness (QED) is 0.102. The molecule has 192 valence electrons. The van der Waals surface area contributed by atoms with Gasteiger partial charge in [-0.1, -0.05) is 6.08 Å². The Labute approximate surface area is 188 Å². The van der Waals surface area contributed by atoms with Crippen LogP contribution < -0.4 is 5.32 Å². The van der Waals surface area contributed by atoms with Gasteiger partial charge in [-0.25, -0.2) is 0 Å². The van der Waals surface area contributed by atoms with E-state index in [1.165, 1.54) is 13.0 Å². The largest absolute Gasteiger partial charge is 0.394 e. The number of ether oxygens (including phenoxy) is 2. The first kappa shape index (κ1) is 28.1. The zero-order valence-corrected chi connectivity index (χ0v) is 17.8. The maximum Gasteiger partial charge on any atom is 0.187 e. The van der Waals surface area contributed by atoms with Crippen LogP contribution in [0.25, 0.3) is 0 Å². The number of aldehydes is 1. The topological polar surface area (TPSA) is 250 Å². The fourth-order valence-corrected chi connectivity index (χ4v) is 3.87. The van der Waals surface area contributed by atoms with Crippen LogP contribution in [-0.4, -0.2) is 150 Å². The van der Waals surface area contributed by atoms with Crippen LogP contribution >= 0.6 is 0 Å². The van der Waals surface area contributed by atoms with E-state index in [0.29, 0.717) is 0 Å². The minimum atomic E-state index is -1.99. The van der Waals surface area contributed by atoms with Gasteiger partial charge in [0.1, 0.15) is 54.9 Å². The van der Waals surface area contributed by atoms with Crippen molar-refractivity contribution in [3.8, 4) is 0 Å². The second-order valence-electron chi connectivity index (χ2n) is 8.20. The molecule has 1 saturated heterocycles. The fourth-order valence-electron chi connectivity index (χ4n) is 3.87. The van der Waals surface area contributed by atoms with Gasteiger partial charge in [0.15, 0.2) is 12.6 Å². The normalized spacial score (nSPS) is 41.1. The maximum atomic E-state index is 10.8. The maximum absolute atomic E-state index is 10.8. The summed E-state index contributed by atoms with van der Waals surface area (Å²) in [6.45, 7) is -0.0649. The summed E-state index contributed by atoms with van der Waals surface area (Å²) in [4.78, 5) is 10.8. The van der Waals surface area contributed by atoms with Crippen LogP contribution in [0.4, 0.5) is 0 Å². The smallest absolute Gasteiger partial charge is 0.187 e. The lowest BCUT2D eigenvalue weighted by molar-refractivity contribution is -0.306. The van der Waals surface area contributed by atoms with Crippen molar-refractivity contribution < 1.29 is 65.3 Å². The van der Waals surface area contributed by atoms with Gasteiger partial charge in [-0.2, -0.15) is 0 Å². The van der Waals surface area contributed by atoms with Crippen molar-refractivity contribution in [1.29, 1.82) is 0 Å². The Morgan fingerprint density at radius 2 is 1.70 bits per heavy atom. The average Bonchev–Trinajstić information content (AvgIpc) is 2.81. The van der Waals surface area contributed by atoms with Crippen molar-refractivity contribution >= 4 is 6.29 Å². The Hall–Kier alpha value is -1.11. The van der Waals surface area contributed by atoms with Crippen LogP contribution in [0.5, 0.6) is 0 Å². The molecule has 2 rings (SSSR count). The molecular weight excluding hydrogens is 450 g/mol. The third-order valence-electron chi connectivity index (χ3n) is 5.92. The summed E-state index contributed by atoms with van der Waals surface area (Å²) in [6.07, 6.45) is -16.9. The van der Waals surface area contributed by atoms with Crippen molar-refractivity contribution in [1.82, 2.24) is 5.32 Å². The summed E-state index contributed by atoms with van der Waals surface area (Å²) < 4.78 is 10.8. The Bertz CT molecular complexity index is 666. The zero-order chi connectivity index (χ0) is 25.0. The molecule has 14 nitrogen and oxygen atoms in total. The van der Waals surface area contributed by atoms with Gasteiger partial charge in [-0.15, -0.1) is 0 Å². The van der Waals surface area contributed by atoms with Gasteiger partial charge in [0.05, 0.1) is 31.4 Å². The molecule has 11 N–H and O–H groups in total. The first-order valence-electron chi connectivity index (χ1n) is 10.4. The highest BCUT2D eigenvalue weighted by Crippen LogP contribution is 2.27. The van der Waals surface area contributed by atoms with Crippen LogP contribution in [0, 0.1) is 0 Å². The van der Waals surface area contributed by atoms with Gasteiger partial charge in [-0.05, 0) is 12.5 Å². The summed E-state index contributed by atoms with van der Waals surface area (Å²) in [6, 6.07) is -2.11. The molecule has 33 heavy (non-hydrogen) atoms. The number of hydrogen-bond acceptors (Lipinski definition) is 14. The standard InChI is InChI=1S/C19H33NO13/c1-6-11(20-8-2-7(3-21)12(26)16(30)13(8)27)15(29)17(31)19(32-6)33-18(10(25)5-23)14(28)9(24)4-22/h2,4,6,8-21,23-31H,3,5H2,1H3/t6-,8+,9+,10-,11-,12-,13+,14-,15+,16+,17-,18-,19-/m1/s1. The van der Waals surface area contributed by atoms with E-state index in [0.717, 1.165) is 0 Å². The third kappa shape index (κ3) is 6.12. The lowest BCUT2D eigenvalue weighted by Gasteiger charge is -2.45. The Morgan fingerprint density at radius 1 is 1.06 bits per heavy atom. The van der Waals surface area contributed by atoms with Gasteiger partial charge in [0, 0.05) is 0 Å². The van der Waals surface area contributed by atoms with Crippen molar-refractivity contribution in [2.24, 2.45) is 0 Å². The summed E-state index contributed by atoms with van der Waals surface area (Å²) >= 11 is 0. The first-order chi connectivity index (χ1) is 15.5. The SMILES string of the molecule is C[C@H]1O[C@H](O[C@@H]([C@H](O)[C@@H](O)C=O)[C@H](O)CO)[C@H](O)[C@@H](O)[C@@H]1N[C@H]1C=C(CO)[C@@H](O)[C@H](O)[C@H]1O. The average molecular weight is 483 g/mol. The monoisotopic (exact) mass is 483 g/mol. The molecule has 0 radical (unpaired) electrons. The van der Waals surface area contributed by atoms with E-state index in [1.54, 1.807) is 0 Å². The molecule has 2 aliphatic rings. The number of aliphatic hydroxyl groups is 10. The summed E-state index contributed by atoms with van der Waals surface area (Å²) in [5.74, 6) is 0. The van der Waals surface area contributed by atoms with Gasteiger partial charge >= 0.3 is 0 Å². The third-order valence-corrected chi connectivity index (χ3v) is 5.92. The summed E-state index contributed by atoms with van der Waals surface area (Å²) in [5.41, 5.74) is 0.0366. The number of carbonyl (C=O) groups is 1. The summed E-state index contributed by atoms with van der Waals surface area (Å²) in [7, 11) is 0. The van der Waals surface area contributed by atoms with Crippen LogP contribution in [0.1, 0.15) is 6.92 Å². The molecule has 1 aliphatic carbocycles. The van der Waals surface area contributed by atoms with E-state index in [-0.39, 0.29) is 11.9 Å². The molecule has 0 aromatic carbocycles. The van der Waals surface area contributed by atoms with Crippen LogP contribution in [0.15, 0.2) is 11.6 Å². The second kappa shape index (κ2) is 12.0. The Balaban J connectivity index is 2.16.